The Morgan fingerprint density at radius 2 is 1.68 bits per heavy atom. The molecule has 0 aliphatic rings. The number of anilines is 1. The van der Waals surface area contributed by atoms with Gasteiger partial charge in [-0.1, -0.05) is 42.3 Å². The van der Waals surface area contributed by atoms with Crippen LogP contribution in [0.1, 0.15) is 22.8 Å². The molecule has 0 heterocycles. The van der Waals surface area contributed by atoms with E-state index in [1.807, 2.05) is 19.1 Å². The smallest absolute Gasteiger partial charge is 0.257 e. The minimum absolute atomic E-state index is 0.0334. The van der Waals surface area contributed by atoms with E-state index in [1.165, 1.54) is 26.2 Å². The molecule has 0 saturated carbocycles. The fourth-order valence-corrected chi connectivity index (χ4v) is 3.85. The van der Waals surface area contributed by atoms with Gasteiger partial charge in [0.05, 0.1) is 15.6 Å². The van der Waals surface area contributed by atoms with Crippen LogP contribution in [0.25, 0.3) is 0 Å². The number of halogens is 2. The molecule has 0 atom stereocenters. The maximum atomic E-state index is 12.5. The standard InChI is InChI=1S/C17H18Cl2N2O3S/c1-4-11-5-7-12(8-6-11)20-17(22)13-9-16(15(19)10-14(13)18)25(23,24)21(2)3/h5-10H,4H2,1-3H3,(H,20,22). The third-order valence-corrected chi connectivity index (χ3v) is 6.24. The summed E-state index contributed by atoms with van der Waals surface area (Å²) < 4.78 is 25.7. The SMILES string of the molecule is CCc1ccc(NC(=O)c2cc(S(=O)(=O)N(C)C)c(Cl)cc2Cl)cc1. The first kappa shape index (κ1) is 19.7. The summed E-state index contributed by atoms with van der Waals surface area (Å²) in [5.41, 5.74) is 1.76. The van der Waals surface area contributed by atoms with E-state index >= 15 is 0 Å². The molecule has 0 radical (unpaired) electrons. The highest BCUT2D eigenvalue weighted by molar-refractivity contribution is 7.89. The lowest BCUT2D eigenvalue weighted by Crippen LogP contribution is -2.23. The highest BCUT2D eigenvalue weighted by atomic mass is 35.5. The molecule has 2 rings (SSSR count). The zero-order valence-corrected chi connectivity index (χ0v) is 16.3. The van der Waals surface area contributed by atoms with Gasteiger partial charge in [-0.15, -0.1) is 0 Å². The van der Waals surface area contributed by atoms with Crippen LogP contribution in [-0.4, -0.2) is 32.7 Å². The average molecular weight is 401 g/mol. The van der Waals surface area contributed by atoms with Gasteiger partial charge in [0, 0.05) is 19.8 Å². The first-order valence-electron chi connectivity index (χ1n) is 7.48. The number of carbonyl (C=O) groups excluding carboxylic acids is 1. The molecule has 0 saturated heterocycles. The van der Waals surface area contributed by atoms with Crippen LogP contribution in [0.5, 0.6) is 0 Å². The van der Waals surface area contributed by atoms with Gasteiger partial charge in [0.2, 0.25) is 10.0 Å². The zero-order valence-electron chi connectivity index (χ0n) is 14.0. The largest absolute Gasteiger partial charge is 0.322 e. The van der Waals surface area contributed by atoms with Crippen molar-refractivity contribution in [2.75, 3.05) is 19.4 Å². The number of amides is 1. The number of hydrogen-bond donors (Lipinski definition) is 1. The van der Waals surface area contributed by atoms with Crippen LogP contribution < -0.4 is 5.32 Å². The molecule has 0 spiro atoms. The second-order valence-electron chi connectivity index (χ2n) is 5.55. The molecule has 0 fully saturated rings. The summed E-state index contributed by atoms with van der Waals surface area (Å²) in [6.07, 6.45) is 0.892. The van der Waals surface area contributed by atoms with Crippen molar-refractivity contribution in [1.29, 1.82) is 0 Å². The van der Waals surface area contributed by atoms with Crippen LogP contribution >= 0.6 is 23.2 Å². The molecule has 0 unspecified atom stereocenters. The van der Waals surface area contributed by atoms with Crippen LogP contribution in [-0.2, 0) is 16.4 Å². The van der Waals surface area contributed by atoms with E-state index < -0.39 is 15.9 Å². The summed E-state index contributed by atoms with van der Waals surface area (Å²) in [5.74, 6) is -0.513. The van der Waals surface area contributed by atoms with Crippen molar-refractivity contribution in [1.82, 2.24) is 4.31 Å². The van der Waals surface area contributed by atoms with Gasteiger partial charge < -0.3 is 5.32 Å². The van der Waals surface area contributed by atoms with Crippen molar-refractivity contribution in [2.24, 2.45) is 0 Å². The van der Waals surface area contributed by atoms with Crippen molar-refractivity contribution >= 4 is 44.8 Å². The van der Waals surface area contributed by atoms with Gasteiger partial charge in [0.25, 0.3) is 5.91 Å². The second-order valence-corrected chi connectivity index (χ2v) is 8.49. The summed E-state index contributed by atoms with van der Waals surface area (Å²) >= 11 is 12.1. The highest BCUT2D eigenvalue weighted by Crippen LogP contribution is 2.30. The monoisotopic (exact) mass is 400 g/mol. The highest BCUT2D eigenvalue weighted by Gasteiger charge is 2.24. The molecule has 8 heteroatoms. The van der Waals surface area contributed by atoms with E-state index in [0.29, 0.717) is 5.69 Å². The van der Waals surface area contributed by atoms with Gasteiger partial charge in [0.15, 0.2) is 0 Å². The number of nitrogens with zero attached hydrogens (tertiary/aromatic N) is 1. The van der Waals surface area contributed by atoms with Gasteiger partial charge >= 0.3 is 0 Å². The van der Waals surface area contributed by atoms with Crippen LogP contribution in [0.4, 0.5) is 5.69 Å². The topological polar surface area (TPSA) is 66.5 Å². The lowest BCUT2D eigenvalue weighted by atomic mass is 10.1. The zero-order chi connectivity index (χ0) is 18.8. The summed E-state index contributed by atoms with van der Waals surface area (Å²) in [5, 5.41) is 2.74. The molecular weight excluding hydrogens is 383 g/mol. The lowest BCUT2D eigenvalue weighted by Gasteiger charge is -2.15. The quantitative estimate of drug-likeness (QED) is 0.822. The molecule has 2 aromatic rings. The number of nitrogens with one attached hydrogen (secondary N) is 1. The number of carbonyl (C=O) groups is 1. The summed E-state index contributed by atoms with van der Waals surface area (Å²) in [7, 11) is -1.03. The number of sulfonamides is 1. The first-order chi connectivity index (χ1) is 11.7. The molecule has 5 nitrogen and oxygen atoms in total. The van der Waals surface area contributed by atoms with E-state index in [0.717, 1.165) is 16.3 Å². The average Bonchev–Trinajstić information content (AvgIpc) is 2.55. The Morgan fingerprint density at radius 1 is 1.08 bits per heavy atom. The summed E-state index contributed by atoms with van der Waals surface area (Å²) in [6, 6.07) is 9.81. The molecule has 1 amide bonds. The predicted octanol–water partition coefficient (Wildman–Crippen LogP) is 4.06. The first-order valence-corrected chi connectivity index (χ1v) is 9.68. The van der Waals surface area contributed by atoms with Gasteiger partial charge in [0.1, 0.15) is 4.90 Å². The number of rotatable bonds is 5. The molecule has 0 aromatic heterocycles. The Kier molecular flexibility index (Phi) is 6.11. The minimum Gasteiger partial charge on any atom is -0.322 e. The van der Waals surface area contributed by atoms with Crippen LogP contribution in [0.2, 0.25) is 10.0 Å². The van der Waals surface area contributed by atoms with Crippen molar-refractivity contribution in [3.63, 3.8) is 0 Å². The fourth-order valence-electron chi connectivity index (χ4n) is 2.12. The summed E-state index contributed by atoms with van der Waals surface area (Å²) in [4.78, 5) is 12.3. The van der Waals surface area contributed by atoms with Crippen LogP contribution in [0.15, 0.2) is 41.3 Å². The van der Waals surface area contributed by atoms with Crippen LogP contribution in [0.3, 0.4) is 0 Å². The van der Waals surface area contributed by atoms with Gasteiger partial charge in [-0.25, -0.2) is 12.7 Å². The molecular formula is C17H18Cl2N2O3S. The predicted molar refractivity (Wildman–Crippen MR) is 101 cm³/mol. The Labute approximate surface area is 157 Å². The Balaban J connectivity index is 2.39. The van der Waals surface area contributed by atoms with Gasteiger partial charge in [-0.3, -0.25) is 4.79 Å². The molecule has 134 valence electrons. The van der Waals surface area contributed by atoms with Crippen molar-refractivity contribution in [3.8, 4) is 0 Å². The number of aryl methyl sites for hydroxylation is 1. The maximum absolute atomic E-state index is 12.5. The van der Waals surface area contributed by atoms with E-state index in [2.05, 4.69) is 5.32 Å². The summed E-state index contributed by atoms with van der Waals surface area (Å²) in [6.45, 7) is 2.04. The molecule has 0 aliphatic heterocycles. The molecule has 2 aromatic carbocycles. The maximum Gasteiger partial charge on any atom is 0.257 e. The van der Waals surface area contributed by atoms with E-state index in [4.69, 9.17) is 23.2 Å². The normalized spacial score (nSPS) is 11.6. The number of hydrogen-bond acceptors (Lipinski definition) is 3. The third kappa shape index (κ3) is 4.33. The molecule has 0 aliphatic carbocycles. The molecule has 0 bridgehead atoms. The van der Waals surface area contributed by atoms with E-state index in [-0.39, 0.29) is 20.5 Å². The lowest BCUT2D eigenvalue weighted by molar-refractivity contribution is 0.102. The van der Waals surface area contributed by atoms with Gasteiger partial charge in [-0.2, -0.15) is 0 Å². The molecule has 25 heavy (non-hydrogen) atoms. The number of benzene rings is 2. The minimum atomic E-state index is -3.80. The van der Waals surface area contributed by atoms with Gasteiger partial charge in [-0.05, 0) is 36.2 Å². The second kappa shape index (κ2) is 7.74. The Hall–Kier alpha value is -1.60. The van der Waals surface area contributed by atoms with Crippen LogP contribution in [0, 0.1) is 0 Å². The van der Waals surface area contributed by atoms with Crippen molar-refractivity contribution in [2.45, 2.75) is 18.2 Å². The Bertz CT molecular complexity index is 895. The van der Waals surface area contributed by atoms with Crippen molar-refractivity contribution < 1.29 is 13.2 Å². The van der Waals surface area contributed by atoms with E-state index in [1.54, 1.807) is 12.1 Å². The third-order valence-electron chi connectivity index (χ3n) is 3.64. The van der Waals surface area contributed by atoms with Crippen molar-refractivity contribution in [3.05, 3.63) is 57.6 Å². The molecule has 1 N–H and O–H groups in total. The fraction of sp³-hybridized carbons (Fsp3) is 0.235. The Morgan fingerprint density at radius 3 is 2.20 bits per heavy atom. The van der Waals surface area contributed by atoms with E-state index in [9.17, 15) is 13.2 Å².